The fourth-order valence-corrected chi connectivity index (χ4v) is 4.09. The van der Waals surface area contributed by atoms with Crippen LogP contribution in [-0.4, -0.2) is 6.54 Å². The molecule has 0 spiro atoms. The van der Waals surface area contributed by atoms with Crippen molar-refractivity contribution in [3.8, 4) is 0 Å². The number of benzene rings is 1. The van der Waals surface area contributed by atoms with E-state index in [1.165, 1.54) is 4.88 Å². The average molecular weight is 393 g/mol. The van der Waals surface area contributed by atoms with E-state index in [1.807, 2.05) is 18.2 Å². The number of thiophene rings is 1. The highest BCUT2D eigenvalue weighted by Crippen LogP contribution is 2.33. The van der Waals surface area contributed by atoms with Gasteiger partial charge in [0.1, 0.15) is 0 Å². The van der Waals surface area contributed by atoms with Gasteiger partial charge in [0.25, 0.3) is 0 Å². The molecular formula is C15H16BrCl2NS. The SMILES string of the molecule is CCCNC(Cc1c(Cl)cccc1Cl)c1ccc(Br)s1. The van der Waals surface area contributed by atoms with Crippen molar-refractivity contribution in [1.29, 1.82) is 0 Å². The van der Waals surface area contributed by atoms with E-state index in [1.54, 1.807) is 11.3 Å². The first-order valence-corrected chi connectivity index (χ1v) is 8.90. The van der Waals surface area contributed by atoms with Crippen molar-refractivity contribution in [2.45, 2.75) is 25.8 Å². The molecule has 0 amide bonds. The average Bonchev–Trinajstić information content (AvgIpc) is 2.84. The van der Waals surface area contributed by atoms with E-state index in [0.29, 0.717) is 0 Å². The third-order valence-corrected chi connectivity index (χ3v) is 5.49. The second kappa shape index (κ2) is 7.81. The van der Waals surface area contributed by atoms with E-state index in [9.17, 15) is 0 Å². The summed E-state index contributed by atoms with van der Waals surface area (Å²) in [6.07, 6.45) is 1.89. The Morgan fingerprint density at radius 3 is 2.45 bits per heavy atom. The van der Waals surface area contributed by atoms with E-state index < -0.39 is 0 Å². The Bertz CT molecular complexity index is 551. The zero-order valence-corrected chi connectivity index (χ0v) is 15.0. The molecule has 2 rings (SSSR count). The first kappa shape index (κ1) is 16.3. The lowest BCUT2D eigenvalue weighted by Crippen LogP contribution is -2.23. The molecule has 0 radical (unpaired) electrons. The van der Waals surface area contributed by atoms with Crippen molar-refractivity contribution in [3.05, 3.63) is 54.6 Å². The van der Waals surface area contributed by atoms with Crippen LogP contribution in [0, 0.1) is 0 Å². The summed E-state index contributed by atoms with van der Waals surface area (Å²) in [6, 6.07) is 10.1. The summed E-state index contributed by atoms with van der Waals surface area (Å²) < 4.78 is 1.14. The molecule has 0 saturated carbocycles. The van der Waals surface area contributed by atoms with Gasteiger partial charge in [-0.3, -0.25) is 0 Å². The van der Waals surface area contributed by atoms with Gasteiger partial charge >= 0.3 is 0 Å². The van der Waals surface area contributed by atoms with Gasteiger partial charge in [-0.05, 0) is 65.1 Å². The molecule has 1 atom stereocenters. The van der Waals surface area contributed by atoms with E-state index in [0.717, 1.165) is 38.8 Å². The normalized spacial score (nSPS) is 12.6. The van der Waals surface area contributed by atoms with Crippen molar-refractivity contribution in [2.24, 2.45) is 0 Å². The van der Waals surface area contributed by atoms with Gasteiger partial charge in [-0.25, -0.2) is 0 Å². The molecule has 108 valence electrons. The van der Waals surface area contributed by atoms with Crippen LogP contribution in [0.4, 0.5) is 0 Å². The van der Waals surface area contributed by atoms with Crippen LogP contribution in [0.15, 0.2) is 34.1 Å². The van der Waals surface area contributed by atoms with Crippen LogP contribution in [0.1, 0.15) is 29.8 Å². The minimum atomic E-state index is 0.239. The first-order chi connectivity index (χ1) is 9.61. The highest BCUT2D eigenvalue weighted by atomic mass is 79.9. The molecule has 1 unspecified atom stereocenters. The summed E-state index contributed by atoms with van der Waals surface area (Å²) in [4.78, 5) is 1.29. The summed E-state index contributed by atoms with van der Waals surface area (Å²) in [5, 5.41) is 5.04. The van der Waals surface area contributed by atoms with E-state index in [-0.39, 0.29) is 6.04 Å². The quantitative estimate of drug-likeness (QED) is 0.625. The van der Waals surface area contributed by atoms with Gasteiger partial charge in [-0.2, -0.15) is 0 Å². The second-order valence-corrected chi connectivity index (χ2v) is 7.86. The van der Waals surface area contributed by atoms with Gasteiger partial charge in [0.05, 0.1) is 3.79 Å². The number of nitrogens with one attached hydrogen (secondary N) is 1. The van der Waals surface area contributed by atoms with Crippen molar-refractivity contribution < 1.29 is 0 Å². The van der Waals surface area contributed by atoms with Gasteiger partial charge in [0, 0.05) is 21.0 Å². The predicted molar refractivity (Wildman–Crippen MR) is 93.2 cm³/mol. The maximum atomic E-state index is 6.28. The zero-order valence-electron chi connectivity index (χ0n) is 11.1. The number of halogens is 3. The molecule has 0 aliphatic carbocycles. The molecule has 1 aromatic heterocycles. The lowest BCUT2D eigenvalue weighted by molar-refractivity contribution is 0.537. The van der Waals surface area contributed by atoms with Gasteiger partial charge in [-0.1, -0.05) is 36.2 Å². The third-order valence-electron chi connectivity index (χ3n) is 3.05. The van der Waals surface area contributed by atoms with Crippen molar-refractivity contribution in [2.75, 3.05) is 6.54 Å². The maximum absolute atomic E-state index is 6.28. The fraction of sp³-hybridized carbons (Fsp3) is 0.333. The van der Waals surface area contributed by atoms with Crippen LogP contribution in [0.5, 0.6) is 0 Å². The zero-order chi connectivity index (χ0) is 14.5. The molecular weight excluding hydrogens is 377 g/mol. The summed E-state index contributed by atoms with van der Waals surface area (Å²) in [5.41, 5.74) is 1.01. The van der Waals surface area contributed by atoms with E-state index in [4.69, 9.17) is 23.2 Å². The molecule has 2 aromatic rings. The Hall–Kier alpha value is -0.0600. The topological polar surface area (TPSA) is 12.0 Å². The predicted octanol–water partition coefficient (Wildman–Crippen LogP) is 6.10. The standard InChI is InChI=1S/C15H16BrCl2NS/c1-2-8-19-13(14-6-7-15(16)20-14)9-10-11(17)4-3-5-12(10)18/h3-7,13,19H,2,8-9H2,1H3. The van der Waals surface area contributed by atoms with Crippen LogP contribution >= 0.6 is 50.5 Å². The molecule has 0 bridgehead atoms. The highest BCUT2D eigenvalue weighted by Gasteiger charge is 2.17. The summed E-state index contributed by atoms with van der Waals surface area (Å²) >= 11 is 17.8. The summed E-state index contributed by atoms with van der Waals surface area (Å²) in [7, 11) is 0. The second-order valence-electron chi connectivity index (χ2n) is 4.55. The largest absolute Gasteiger partial charge is 0.309 e. The first-order valence-electron chi connectivity index (χ1n) is 6.53. The van der Waals surface area contributed by atoms with Crippen LogP contribution in [0.3, 0.4) is 0 Å². The molecule has 1 heterocycles. The molecule has 0 aliphatic rings. The molecule has 0 aliphatic heterocycles. The van der Waals surface area contributed by atoms with E-state index >= 15 is 0 Å². The Balaban J connectivity index is 2.23. The van der Waals surface area contributed by atoms with Crippen molar-refractivity contribution in [1.82, 2.24) is 5.32 Å². The highest BCUT2D eigenvalue weighted by molar-refractivity contribution is 9.11. The molecule has 1 nitrogen and oxygen atoms in total. The van der Waals surface area contributed by atoms with Crippen LogP contribution in [0.2, 0.25) is 10.0 Å². The minimum absolute atomic E-state index is 0.239. The van der Waals surface area contributed by atoms with Gasteiger partial charge in [0.2, 0.25) is 0 Å². The fourth-order valence-electron chi connectivity index (χ4n) is 2.04. The van der Waals surface area contributed by atoms with Gasteiger partial charge < -0.3 is 5.32 Å². The van der Waals surface area contributed by atoms with Crippen molar-refractivity contribution >= 4 is 50.5 Å². The lowest BCUT2D eigenvalue weighted by Gasteiger charge is -2.18. The summed E-state index contributed by atoms with van der Waals surface area (Å²) in [5.74, 6) is 0. The lowest BCUT2D eigenvalue weighted by atomic mass is 10.0. The van der Waals surface area contributed by atoms with Crippen LogP contribution in [-0.2, 0) is 6.42 Å². The Kier molecular flexibility index (Phi) is 6.37. The number of hydrogen-bond acceptors (Lipinski definition) is 2. The summed E-state index contributed by atoms with van der Waals surface area (Å²) in [6.45, 7) is 3.14. The number of rotatable bonds is 6. The molecule has 0 fully saturated rings. The Morgan fingerprint density at radius 1 is 1.20 bits per heavy atom. The van der Waals surface area contributed by atoms with Crippen LogP contribution < -0.4 is 5.32 Å². The molecule has 1 N–H and O–H groups in total. The number of hydrogen-bond donors (Lipinski definition) is 1. The minimum Gasteiger partial charge on any atom is -0.309 e. The van der Waals surface area contributed by atoms with Gasteiger partial charge in [0.15, 0.2) is 0 Å². The molecule has 0 saturated heterocycles. The molecule has 20 heavy (non-hydrogen) atoms. The smallest absolute Gasteiger partial charge is 0.0701 e. The maximum Gasteiger partial charge on any atom is 0.0701 e. The third kappa shape index (κ3) is 4.22. The monoisotopic (exact) mass is 391 g/mol. The van der Waals surface area contributed by atoms with E-state index in [2.05, 4.69) is 40.3 Å². The van der Waals surface area contributed by atoms with Crippen molar-refractivity contribution in [3.63, 3.8) is 0 Å². The Morgan fingerprint density at radius 2 is 1.90 bits per heavy atom. The molecule has 1 aromatic carbocycles. The van der Waals surface area contributed by atoms with Gasteiger partial charge in [-0.15, -0.1) is 11.3 Å². The Labute approximate surface area is 142 Å². The van der Waals surface area contributed by atoms with Crippen LogP contribution in [0.25, 0.3) is 0 Å². The molecule has 5 heteroatoms.